The highest BCUT2D eigenvalue weighted by atomic mass is 16.7. The van der Waals surface area contributed by atoms with Crippen molar-refractivity contribution in [1.29, 1.82) is 0 Å². The molecule has 2 aliphatic heterocycles. The van der Waals surface area contributed by atoms with Crippen LogP contribution in [0.15, 0.2) is 36.4 Å². The SMILES string of the molecule is O=C(O)C1Cc2cc(N(C(=O)C3CC3)c3ccc4c(c3)OCO4)ccc2N1. The predicted molar refractivity (Wildman–Crippen MR) is 97.6 cm³/mol. The normalized spacial score (nSPS) is 19.3. The maximum absolute atomic E-state index is 13.0. The molecule has 7 nitrogen and oxygen atoms in total. The van der Waals surface area contributed by atoms with Crippen LogP contribution in [0.2, 0.25) is 0 Å². The van der Waals surface area contributed by atoms with Crippen LogP contribution in [0.5, 0.6) is 11.5 Å². The zero-order valence-electron chi connectivity index (χ0n) is 14.5. The van der Waals surface area contributed by atoms with E-state index in [1.807, 2.05) is 30.3 Å². The quantitative estimate of drug-likeness (QED) is 0.865. The van der Waals surface area contributed by atoms with Gasteiger partial charge < -0.3 is 19.9 Å². The van der Waals surface area contributed by atoms with E-state index in [0.29, 0.717) is 17.9 Å². The standard InChI is InChI=1S/C20H18N2O5/c23-19(11-1-2-11)22(14-4-6-17-18(9-14)27-10-26-17)13-3-5-15-12(7-13)8-16(21-15)20(24)25/h3-7,9,11,16,21H,1-2,8,10H2,(H,24,25). The molecule has 27 heavy (non-hydrogen) atoms. The fourth-order valence-electron chi connectivity index (χ4n) is 3.58. The zero-order chi connectivity index (χ0) is 18.5. The van der Waals surface area contributed by atoms with Crippen LogP contribution in [0, 0.1) is 5.92 Å². The van der Waals surface area contributed by atoms with Crippen molar-refractivity contribution in [1.82, 2.24) is 0 Å². The van der Waals surface area contributed by atoms with Crippen molar-refractivity contribution in [2.75, 3.05) is 17.0 Å². The highest BCUT2D eigenvalue weighted by Crippen LogP contribution is 2.42. The number of carboxylic acid groups (broad SMARTS) is 1. The van der Waals surface area contributed by atoms with E-state index in [1.165, 1.54) is 0 Å². The lowest BCUT2D eigenvalue weighted by Crippen LogP contribution is -2.27. The summed E-state index contributed by atoms with van der Waals surface area (Å²) in [4.78, 5) is 26.0. The molecule has 0 bridgehead atoms. The topological polar surface area (TPSA) is 88.1 Å². The molecule has 1 amide bonds. The molecule has 1 aliphatic carbocycles. The Morgan fingerprint density at radius 3 is 2.56 bits per heavy atom. The number of rotatable bonds is 4. The Labute approximate surface area is 155 Å². The molecular formula is C20H18N2O5. The number of ether oxygens (including phenoxy) is 2. The van der Waals surface area contributed by atoms with Crippen LogP contribution < -0.4 is 19.7 Å². The van der Waals surface area contributed by atoms with Gasteiger partial charge in [0.1, 0.15) is 6.04 Å². The van der Waals surface area contributed by atoms with E-state index in [-0.39, 0.29) is 18.6 Å². The van der Waals surface area contributed by atoms with Crippen molar-refractivity contribution >= 4 is 28.9 Å². The highest BCUT2D eigenvalue weighted by Gasteiger charge is 2.36. The number of benzene rings is 2. The fraction of sp³-hybridized carbons (Fsp3) is 0.300. The summed E-state index contributed by atoms with van der Waals surface area (Å²) in [5.41, 5.74) is 3.15. The summed E-state index contributed by atoms with van der Waals surface area (Å²) in [6, 6.07) is 10.4. The van der Waals surface area contributed by atoms with Crippen LogP contribution in [-0.2, 0) is 16.0 Å². The lowest BCUT2D eigenvalue weighted by atomic mass is 10.1. The first kappa shape index (κ1) is 16.0. The van der Waals surface area contributed by atoms with Crippen molar-refractivity contribution in [3.05, 3.63) is 42.0 Å². The zero-order valence-corrected chi connectivity index (χ0v) is 14.5. The maximum Gasteiger partial charge on any atom is 0.326 e. The molecule has 7 heteroatoms. The molecular weight excluding hydrogens is 348 g/mol. The molecule has 3 aliphatic rings. The molecule has 5 rings (SSSR count). The molecule has 138 valence electrons. The number of amides is 1. The fourth-order valence-corrected chi connectivity index (χ4v) is 3.58. The van der Waals surface area contributed by atoms with Gasteiger partial charge in [-0.05, 0) is 48.7 Å². The largest absolute Gasteiger partial charge is 0.480 e. The number of aliphatic carboxylic acids is 1. The van der Waals surface area contributed by atoms with Gasteiger partial charge in [-0.1, -0.05) is 0 Å². The van der Waals surface area contributed by atoms with Gasteiger partial charge in [0.25, 0.3) is 0 Å². The summed E-state index contributed by atoms with van der Waals surface area (Å²) in [7, 11) is 0. The molecule has 2 aromatic carbocycles. The molecule has 0 aromatic heterocycles. The minimum atomic E-state index is -0.880. The number of hydrogen-bond donors (Lipinski definition) is 2. The van der Waals surface area contributed by atoms with E-state index in [2.05, 4.69) is 5.32 Å². The van der Waals surface area contributed by atoms with Crippen molar-refractivity contribution in [2.45, 2.75) is 25.3 Å². The van der Waals surface area contributed by atoms with Crippen LogP contribution >= 0.6 is 0 Å². The number of nitrogens with zero attached hydrogens (tertiary/aromatic N) is 1. The third-order valence-corrected chi connectivity index (χ3v) is 5.16. The third kappa shape index (κ3) is 2.75. The van der Waals surface area contributed by atoms with Crippen molar-refractivity contribution in [3.63, 3.8) is 0 Å². The lowest BCUT2D eigenvalue weighted by molar-refractivity contribution is -0.137. The number of carboxylic acids is 1. The number of nitrogens with one attached hydrogen (secondary N) is 1. The Morgan fingerprint density at radius 1 is 1.04 bits per heavy atom. The molecule has 1 atom stereocenters. The van der Waals surface area contributed by atoms with E-state index >= 15 is 0 Å². The Kier molecular flexibility index (Phi) is 3.50. The van der Waals surface area contributed by atoms with E-state index < -0.39 is 12.0 Å². The minimum absolute atomic E-state index is 0.0357. The van der Waals surface area contributed by atoms with Gasteiger partial charge in [0.05, 0.1) is 5.69 Å². The van der Waals surface area contributed by atoms with Crippen LogP contribution in [0.3, 0.4) is 0 Å². The van der Waals surface area contributed by atoms with Gasteiger partial charge in [-0.15, -0.1) is 0 Å². The Morgan fingerprint density at radius 2 is 1.78 bits per heavy atom. The van der Waals surface area contributed by atoms with E-state index in [4.69, 9.17) is 9.47 Å². The van der Waals surface area contributed by atoms with Crippen LogP contribution in [0.25, 0.3) is 0 Å². The van der Waals surface area contributed by atoms with Gasteiger partial charge in [0.15, 0.2) is 11.5 Å². The molecule has 1 fully saturated rings. The Bertz CT molecular complexity index is 953. The molecule has 1 unspecified atom stereocenters. The van der Waals surface area contributed by atoms with Crippen LogP contribution in [0.1, 0.15) is 18.4 Å². The van der Waals surface area contributed by atoms with Gasteiger partial charge in [-0.3, -0.25) is 9.69 Å². The monoisotopic (exact) mass is 366 g/mol. The summed E-state index contributed by atoms with van der Waals surface area (Å²) < 4.78 is 10.8. The van der Waals surface area contributed by atoms with Gasteiger partial charge in [-0.2, -0.15) is 0 Å². The maximum atomic E-state index is 13.0. The molecule has 2 N–H and O–H groups in total. The smallest absolute Gasteiger partial charge is 0.326 e. The summed E-state index contributed by atoms with van der Waals surface area (Å²) in [6.07, 6.45) is 2.19. The molecule has 1 saturated carbocycles. The average molecular weight is 366 g/mol. The Balaban J connectivity index is 1.53. The minimum Gasteiger partial charge on any atom is -0.480 e. The van der Waals surface area contributed by atoms with Gasteiger partial charge in [-0.25, -0.2) is 4.79 Å². The van der Waals surface area contributed by atoms with Crippen LogP contribution in [-0.4, -0.2) is 29.8 Å². The van der Waals surface area contributed by atoms with Crippen molar-refractivity contribution in [2.24, 2.45) is 5.92 Å². The van der Waals surface area contributed by atoms with E-state index in [9.17, 15) is 14.7 Å². The van der Waals surface area contributed by atoms with Crippen molar-refractivity contribution in [3.8, 4) is 11.5 Å². The van der Waals surface area contributed by atoms with Gasteiger partial charge in [0.2, 0.25) is 12.7 Å². The second-order valence-electron chi connectivity index (χ2n) is 7.07. The lowest BCUT2D eigenvalue weighted by Gasteiger charge is -2.24. The number of carbonyl (C=O) groups excluding carboxylic acids is 1. The molecule has 0 saturated heterocycles. The molecule has 2 aromatic rings. The second-order valence-corrected chi connectivity index (χ2v) is 7.07. The van der Waals surface area contributed by atoms with Crippen molar-refractivity contribution < 1.29 is 24.2 Å². The first-order chi connectivity index (χ1) is 13.1. The highest BCUT2D eigenvalue weighted by molar-refractivity contribution is 6.03. The first-order valence-electron chi connectivity index (χ1n) is 8.96. The first-order valence-corrected chi connectivity index (χ1v) is 8.96. The summed E-state index contributed by atoms with van der Waals surface area (Å²) in [5.74, 6) is 0.493. The molecule has 0 spiro atoms. The summed E-state index contributed by atoms with van der Waals surface area (Å²) >= 11 is 0. The van der Waals surface area contributed by atoms with Gasteiger partial charge >= 0.3 is 5.97 Å². The predicted octanol–water partition coefficient (Wildman–Crippen LogP) is 2.91. The molecule has 0 radical (unpaired) electrons. The van der Waals surface area contributed by atoms with Gasteiger partial charge in [0, 0.05) is 29.8 Å². The van der Waals surface area contributed by atoms with Crippen LogP contribution in [0.4, 0.5) is 17.1 Å². The molecule has 2 heterocycles. The van der Waals surface area contributed by atoms with E-state index in [1.54, 1.807) is 11.0 Å². The third-order valence-electron chi connectivity index (χ3n) is 5.16. The Hall–Kier alpha value is -3.22. The second kappa shape index (κ2) is 5.90. The summed E-state index contributed by atoms with van der Waals surface area (Å²) in [6.45, 7) is 0.177. The number of carbonyl (C=O) groups is 2. The average Bonchev–Trinajstić information content (AvgIpc) is 3.25. The number of hydrogen-bond acceptors (Lipinski definition) is 5. The number of fused-ring (bicyclic) bond motifs is 2. The number of anilines is 3. The summed E-state index contributed by atoms with van der Waals surface area (Å²) in [5, 5.41) is 12.2. The van der Waals surface area contributed by atoms with E-state index in [0.717, 1.165) is 35.5 Å².